The molecule has 2 aromatic heterocycles. The molecule has 2 N–H and O–H groups in total. The van der Waals surface area contributed by atoms with Crippen LogP contribution in [0.25, 0.3) is 22.4 Å². The van der Waals surface area contributed by atoms with Crippen LogP contribution >= 0.6 is 11.6 Å². The number of nitrogens with one attached hydrogen (secondary N) is 2. The van der Waals surface area contributed by atoms with Crippen LogP contribution in [-0.4, -0.2) is 15.2 Å². The number of anilines is 2. The van der Waals surface area contributed by atoms with Gasteiger partial charge in [-0.1, -0.05) is 34.9 Å². The molecular weight excluding hydrogens is 300 g/mol. The molecule has 0 bridgehead atoms. The van der Waals surface area contributed by atoms with Gasteiger partial charge in [-0.2, -0.15) is 0 Å². The van der Waals surface area contributed by atoms with Crippen molar-refractivity contribution in [1.29, 1.82) is 0 Å². The number of hydrogen-bond acceptors (Lipinski definition) is 4. The smallest absolute Gasteiger partial charge is 0.320 e. The number of halogens is 1. The molecule has 5 nitrogen and oxygen atoms in total. The van der Waals surface area contributed by atoms with Crippen LogP contribution < -0.4 is 5.32 Å². The van der Waals surface area contributed by atoms with Gasteiger partial charge >= 0.3 is 6.01 Å². The summed E-state index contributed by atoms with van der Waals surface area (Å²) >= 11 is 5.86. The van der Waals surface area contributed by atoms with Gasteiger partial charge in [0.05, 0.1) is 5.56 Å². The highest BCUT2D eigenvalue weighted by Gasteiger charge is 2.13. The van der Waals surface area contributed by atoms with Crippen molar-refractivity contribution in [2.45, 2.75) is 0 Å². The fraction of sp³-hybridized carbons (Fsp3) is 0. The average molecular weight is 311 g/mol. The van der Waals surface area contributed by atoms with Gasteiger partial charge in [0.1, 0.15) is 0 Å². The first-order chi connectivity index (χ1) is 10.8. The molecule has 0 radical (unpaired) electrons. The Morgan fingerprint density at radius 3 is 2.68 bits per heavy atom. The van der Waals surface area contributed by atoms with Gasteiger partial charge in [-0.05, 0) is 30.3 Å². The Labute approximate surface area is 130 Å². The highest BCUT2D eigenvalue weighted by Crippen LogP contribution is 2.29. The van der Waals surface area contributed by atoms with Crippen molar-refractivity contribution in [3.63, 3.8) is 0 Å². The molecule has 6 heteroatoms. The molecule has 0 aliphatic heterocycles. The van der Waals surface area contributed by atoms with E-state index in [0.29, 0.717) is 16.9 Å². The predicted molar refractivity (Wildman–Crippen MR) is 86.3 cm³/mol. The quantitative estimate of drug-likeness (QED) is 0.579. The second kappa shape index (κ2) is 5.20. The molecule has 108 valence electrons. The zero-order chi connectivity index (χ0) is 14.9. The van der Waals surface area contributed by atoms with Crippen LogP contribution in [0.1, 0.15) is 0 Å². The number of benzene rings is 2. The van der Waals surface area contributed by atoms with Crippen LogP contribution in [0.15, 0.2) is 59.1 Å². The predicted octanol–water partition coefficient (Wildman–Crippen LogP) is 4.61. The molecule has 0 amide bonds. The number of aromatic amines is 1. The van der Waals surface area contributed by atoms with Gasteiger partial charge in [0, 0.05) is 27.8 Å². The molecule has 22 heavy (non-hydrogen) atoms. The molecule has 0 spiro atoms. The summed E-state index contributed by atoms with van der Waals surface area (Å²) in [5.41, 5.74) is 2.74. The second-order valence-corrected chi connectivity index (χ2v) is 5.23. The lowest BCUT2D eigenvalue weighted by Gasteiger charge is -2.00. The van der Waals surface area contributed by atoms with Crippen LogP contribution in [0.3, 0.4) is 0 Å². The minimum absolute atomic E-state index is 0.336. The third-order valence-electron chi connectivity index (χ3n) is 3.34. The van der Waals surface area contributed by atoms with E-state index in [1.165, 1.54) is 0 Å². The number of H-pyrrole nitrogens is 1. The summed E-state index contributed by atoms with van der Waals surface area (Å²) in [5, 5.41) is 12.9. The second-order valence-electron chi connectivity index (χ2n) is 4.79. The number of hydrogen-bond donors (Lipinski definition) is 2. The van der Waals surface area contributed by atoms with Crippen molar-refractivity contribution >= 4 is 34.2 Å². The lowest BCUT2D eigenvalue weighted by molar-refractivity contribution is 0.588. The Morgan fingerprint density at radius 1 is 1.00 bits per heavy atom. The molecule has 0 saturated carbocycles. The molecule has 0 saturated heterocycles. The van der Waals surface area contributed by atoms with E-state index in [-0.39, 0.29) is 0 Å². The van der Waals surface area contributed by atoms with E-state index in [2.05, 4.69) is 20.5 Å². The minimum Gasteiger partial charge on any atom is -0.403 e. The van der Waals surface area contributed by atoms with Crippen LogP contribution in [0, 0.1) is 0 Å². The number of fused-ring (bicyclic) bond motifs is 1. The van der Waals surface area contributed by atoms with Crippen molar-refractivity contribution in [2.75, 3.05) is 5.32 Å². The first kappa shape index (κ1) is 12.9. The standard InChI is InChI=1S/C16H11ClN4O/c17-10-5-7-11(8-6-10)19-16-21-20-15(22-16)13-9-18-14-4-2-1-3-12(13)14/h1-9,18H,(H,19,21). The van der Waals surface area contributed by atoms with Crippen molar-refractivity contribution in [2.24, 2.45) is 0 Å². The highest BCUT2D eigenvalue weighted by molar-refractivity contribution is 6.30. The van der Waals surface area contributed by atoms with Gasteiger partial charge < -0.3 is 14.7 Å². The first-order valence-electron chi connectivity index (χ1n) is 6.72. The summed E-state index contributed by atoms with van der Waals surface area (Å²) in [4.78, 5) is 3.19. The minimum atomic E-state index is 0.336. The zero-order valence-electron chi connectivity index (χ0n) is 11.4. The maximum atomic E-state index is 5.86. The van der Waals surface area contributed by atoms with Gasteiger partial charge in [-0.25, -0.2) is 0 Å². The number of nitrogens with zero attached hydrogens (tertiary/aromatic N) is 2. The maximum Gasteiger partial charge on any atom is 0.320 e. The van der Waals surface area contributed by atoms with E-state index in [1.54, 1.807) is 12.1 Å². The van der Waals surface area contributed by atoms with E-state index < -0.39 is 0 Å². The molecule has 0 aliphatic rings. The lowest BCUT2D eigenvalue weighted by Crippen LogP contribution is -1.89. The van der Waals surface area contributed by atoms with Gasteiger partial charge in [-0.15, -0.1) is 5.10 Å². The summed E-state index contributed by atoms with van der Waals surface area (Å²) in [6.07, 6.45) is 1.87. The zero-order valence-corrected chi connectivity index (χ0v) is 12.1. The summed E-state index contributed by atoms with van der Waals surface area (Å²) < 4.78 is 5.68. The number of para-hydroxylation sites is 1. The topological polar surface area (TPSA) is 66.7 Å². The Balaban J connectivity index is 1.65. The molecule has 4 rings (SSSR count). The SMILES string of the molecule is Clc1ccc(Nc2nnc(-c3c[nH]c4ccccc34)o2)cc1. The largest absolute Gasteiger partial charge is 0.403 e. The van der Waals surface area contributed by atoms with Crippen LogP contribution in [0.5, 0.6) is 0 Å². The highest BCUT2D eigenvalue weighted by atomic mass is 35.5. The molecule has 0 atom stereocenters. The van der Waals surface area contributed by atoms with Crippen LogP contribution in [0.2, 0.25) is 5.02 Å². The molecule has 0 aliphatic carbocycles. The number of aromatic nitrogens is 3. The third-order valence-corrected chi connectivity index (χ3v) is 3.59. The first-order valence-corrected chi connectivity index (χ1v) is 7.10. The van der Waals surface area contributed by atoms with E-state index in [0.717, 1.165) is 22.2 Å². The van der Waals surface area contributed by atoms with Gasteiger partial charge in [0.15, 0.2) is 0 Å². The third kappa shape index (κ3) is 2.31. The molecular formula is C16H11ClN4O. The van der Waals surface area contributed by atoms with E-state index in [9.17, 15) is 0 Å². The summed E-state index contributed by atoms with van der Waals surface area (Å²) in [7, 11) is 0. The Kier molecular flexibility index (Phi) is 3.05. The lowest BCUT2D eigenvalue weighted by atomic mass is 10.2. The molecule has 4 aromatic rings. The van der Waals surface area contributed by atoms with Crippen molar-refractivity contribution < 1.29 is 4.42 Å². The molecule has 2 aromatic carbocycles. The molecule has 2 heterocycles. The summed E-state index contributed by atoms with van der Waals surface area (Å²) in [6.45, 7) is 0. The fourth-order valence-electron chi connectivity index (χ4n) is 2.29. The Hall–Kier alpha value is -2.79. The monoisotopic (exact) mass is 310 g/mol. The van der Waals surface area contributed by atoms with Gasteiger partial charge in [0.25, 0.3) is 5.89 Å². The van der Waals surface area contributed by atoms with E-state index in [1.807, 2.05) is 42.6 Å². The van der Waals surface area contributed by atoms with Crippen LogP contribution in [0.4, 0.5) is 11.7 Å². The van der Waals surface area contributed by atoms with Crippen molar-refractivity contribution in [3.05, 3.63) is 59.8 Å². The normalized spacial score (nSPS) is 11.0. The summed E-state index contributed by atoms with van der Waals surface area (Å²) in [6, 6.07) is 15.6. The number of rotatable bonds is 3. The van der Waals surface area contributed by atoms with Crippen molar-refractivity contribution in [1.82, 2.24) is 15.2 Å². The van der Waals surface area contributed by atoms with E-state index in [4.69, 9.17) is 16.0 Å². The van der Waals surface area contributed by atoms with Crippen LogP contribution in [-0.2, 0) is 0 Å². The fourth-order valence-corrected chi connectivity index (χ4v) is 2.41. The van der Waals surface area contributed by atoms with Gasteiger partial charge in [0.2, 0.25) is 0 Å². The van der Waals surface area contributed by atoms with Crippen molar-refractivity contribution in [3.8, 4) is 11.5 Å². The molecule has 0 unspecified atom stereocenters. The average Bonchev–Trinajstić information content (AvgIpc) is 3.16. The Bertz CT molecular complexity index is 927. The Morgan fingerprint density at radius 2 is 1.82 bits per heavy atom. The molecule has 0 fully saturated rings. The van der Waals surface area contributed by atoms with E-state index >= 15 is 0 Å². The van der Waals surface area contributed by atoms with Gasteiger partial charge in [-0.3, -0.25) is 0 Å². The maximum absolute atomic E-state index is 5.86. The summed E-state index contributed by atoms with van der Waals surface area (Å²) in [5.74, 6) is 0.467.